The van der Waals surface area contributed by atoms with E-state index in [-0.39, 0.29) is 11.8 Å². The molecule has 0 aliphatic heterocycles. The third-order valence-electron chi connectivity index (χ3n) is 4.24. The SMILES string of the molecule is NC[C@H]1CCC[C@H]1C(=O)Nc1ccc(-n2ccnc2)cc1. The summed E-state index contributed by atoms with van der Waals surface area (Å²) in [5.74, 6) is 0.483. The van der Waals surface area contributed by atoms with E-state index in [1.807, 2.05) is 35.0 Å². The number of hydrogen-bond acceptors (Lipinski definition) is 3. The zero-order chi connectivity index (χ0) is 14.7. The van der Waals surface area contributed by atoms with E-state index in [0.29, 0.717) is 12.5 Å². The molecule has 0 radical (unpaired) electrons. The average Bonchev–Trinajstić information content (AvgIpc) is 3.19. The van der Waals surface area contributed by atoms with Gasteiger partial charge in [-0.3, -0.25) is 4.79 Å². The lowest BCUT2D eigenvalue weighted by Crippen LogP contribution is -2.29. The second kappa shape index (κ2) is 6.10. The number of carbonyl (C=O) groups is 1. The fourth-order valence-corrected chi connectivity index (χ4v) is 3.03. The van der Waals surface area contributed by atoms with Gasteiger partial charge in [-0.15, -0.1) is 0 Å². The number of nitrogens with one attached hydrogen (secondary N) is 1. The Bertz CT molecular complexity index is 591. The van der Waals surface area contributed by atoms with Gasteiger partial charge < -0.3 is 15.6 Å². The summed E-state index contributed by atoms with van der Waals surface area (Å²) in [4.78, 5) is 16.3. The summed E-state index contributed by atoms with van der Waals surface area (Å²) < 4.78 is 1.92. The minimum absolute atomic E-state index is 0.0586. The standard InChI is InChI=1S/C16H20N4O/c17-10-12-2-1-3-15(12)16(21)19-13-4-6-14(7-5-13)20-9-8-18-11-20/h4-9,11-12,15H,1-3,10,17H2,(H,19,21)/t12-,15-/m1/s1. The Hall–Kier alpha value is -2.14. The number of imidazole rings is 1. The summed E-state index contributed by atoms with van der Waals surface area (Å²) in [5, 5.41) is 3.00. The lowest BCUT2D eigenvalue weighted by atomic mass is 9.95. The van der Waals surface area contributed by atoms with Crippen molar-refractivity contribution in [2.75, 3.05) is 11.9 Å². The number of carbonyl (C=O) groups excluding carboxylic acids is 1. The number of anilines is 1. The molecule has 1 saturated carbocycles. The molecule has 5 heteroatoms. The molecular weight excluding hydrogens is 264 g/mol. The van der Waals surface area contributed by atoms with Crippen LogP contribution in [0.2, 0.25) is 0 Å². The molecule has 0 bridgehead atoms. The first-order chi connectivity index (χ1) is 10.3. The Morgan fingerprint density at radius 1 is 1.33 bits per heavy atom. The van der Waals surface area contributed by atoms with E-state index in [9.17, 15) is 4.79 Å². The predicted octanol–water partition coefficient (Wildman–Crippen LogP) is 2.19. The molecule has 21 heavy (non-hydrogen) atoms. The summed E-state index contributed by atoms with van der Waals surface area (Å²) in [6, 6.07) is 7.76. The van der Waals surface area contributed by atoms with Gasteiger partial charge >= 0.3 is 0 Å². The highest BCUT2D eigenvalue weighted by Gasteiger charge is 2.31. The minimum atomic E-state index is 0.0586. The van der Waals surface area contributed by atoms with E-state index in [2.05, 4.69) is 10.3 Å². The Morgan fingerprint density at radius 3 is 2.81 bits per heavy atom. The molecule has 1 aliphatic rings. The van der Waals surface area contributed by atoms with Gasteiger partial charge in [-0.05, 0) is 49.6 Å². The number of rotatable bonds is 4. The van der Waals surface area contributed by atoms with Gasteiger partial charge in [0.15, 0.2) is 0 Å². The molecule has 2 aromatic rings. The lowest BCUT2D eigenvalue weighted by Gasteiger charge is -2.17. The zero-order valence-corrected chi connectivity index (χ0v) is 11.9. The Morgan fingerprint density at radius 2 is 2.14 bits per heavy atom. The molecule has 1 aromatic carbocycles. The van der Waals surface area contributed by atoms with E-state index in [1.54, 1.807) is 12.5 Å². The van der Waals surface area contributed by atoms with Crippen molar-refractivity contribution < 1.29 is 4.79 Å². The molecule has 3 rings (SSSR count). The summed E-state index contributed by atoms with van der Waals surface area (Å²) in [5.41, 5.74) is 7.59. The molecule has 1 amide bonds. The number of benzene rings is 1. The molecule has 0 spiro atoms. The number of nitrogens with two attached hydrogens (primary N) is 1. The van der Waals surface area contributed by atoms with Crippen molar-refractivity contribution in [2.24, 2.45) is 17.6 Å². The van der Waals surface area contributed by atoms with Crippen LogP contribution in [0.25, 0.3) is 5.69 Å². The van der Waals surface area contributed by atoms with Gasteiger partial charge in [0.2, 0.25) is 5.91 Å². The van der Waals surface area contributed by atoms with Crippen molar-refractivity contribution in [1.82, 2.24) is 9.55 Å². The Kier molecular flexibility index (Phi) is 4.01. The van der Waals surface area contributed by atoms with Crippen molar-refractivity contribution in [2.45, 2.75) is 19.3 Å². The van der Waals surface area contributed by atoms with Crippen LogP contribution in [0, 0.1) is 11.8 Å². The fourth-order valence-electron chi connectivity index (χ4n) is 3.03. The molecular formula is C16H20N4O. The largest absolute Gasteiger partial charge is 0.330 e. The molecule has 1 aliphatic carbocycles. The van der Waals surface area contributed by atoms with Crippen molar-refractivity contribution in [3.63, 3.8) is 0 Å². The topological polar surface area (TPSA) is 72.9 Å². The maximum absolute atomic E-state index is 12.3. The van der Waals surface area contributed by atoms with Gasteiger partial charge in [0.25, 0.3) is 0 Å². The third-order valence-corrected chi connectivity index (χ3v) is 4.24. The van der Waals surface area contributed by atoms with E-state index in [1.165, 1.54) is 0 Å². The van der Waals surface area contributed by atoms with Gasteiger partial charge in [-0.2, -0.15) is 0 Å². The normalized spacial score (nSPS) is 21.4. The molecule has 110 valence electrons. The van der Waals surface area contributed by atoms with E-state index >= 15 is 0 Å². The van der Waals surface area contributed by atoms with Crippen molar-refractivity contribution in [3.8, 4) is 5.69 Å². The molecule has 0 saturated heterocycles. The molecule has 5 nitrogen and oxygen atoms in total. The minimum Gasteiger partial charge on any atom is -0.330 e. The van der Waals surface area contributed by atoms with Crippen molar-refractivity contribution >= 4 is 11.6 Å². The van der Waals surface area contributed by atoms with Crippen molar-refractivity contribution in [3.05, 3.63) is 43.0 Å². The molecule has 0 unspecified atom stereocenters. The van der Waals surface area contributed by atoms with Gasteiger partial charge in [0.05, 0.1) is 6.33 Å². The maximum Gasteiger partial charge on any atom is 0.227 e. The Balaban J connectivity index is 1.66. The van der Waals surface area contributed by atoms with Crippen LogP contribution >= 0.6 is 0 Å². The van der Waals surface area contributed by atoms with Gasteiger partial charge in [-0.25, -0.2) is 4.98 Å². The van der Waals surface area contributed by atoms with E-state index in [4.69, 9.17) is 5.73 Å². The smallest absolute Gasteiger partial charge is 0.227 e. The highest BCUT2D eigenvalue weighted by Crippen LogP contribution is 2.31. The summed E-state index contributed by atoms with van der Waals surface area (Å²) in [6.07, 6.45) is 8.48. The van der Waals surface area contributed by atoms with Crippen LogP contribution in [0.4, 0.5) is 5.69 Å². The number of amides is 1. The molecule has 2 atom stereocenters. The lowest BCUT2D eigenvalue weighted by molar-refractivity contribution is -0.120. The van der Waals surface area contributed by atoms with Gasteiger partial charge in [0.1, 0.15) is 0 Å². The molecule has 1 heterocycles. The first kappa shape index (κ1) is 13.8. The summed E-state index contributed by atoms with van der Waals surface area (Å²) in [6.45, 7) is 0.595. The van der Waals surface area contributed by atoms with Gasteiger partial charge in [-0.1, -0.05) is 6.42 Å². The maximum atomic E-state index is 12.3. The predicted molar refractivity (Wildman–Crippen MR) is 82.1 cm³/mol. The second-order valence-corrected chi connectivity index (χ2v) is 5.54. The highest BCUT2D eigenvalue weighted by atomic mass is 16.1. The van der Waals surface area contributed by atoms with E-state index in [0.717, 1.165) is 30.6 Å². The molecule has 3 N–H and O–H groups in total. The number of nitrogens with zero attached hydrogens (tertiary/aromatic N) is 2. The van der Waals surface area contributed by atoms with Crippen molar-refractivity contribution in [1.29, 1.82) is 0 Å². The summed E-state index contributed by atoms with van der Waals surface area (Å²) in [7, 11) is 0. The first-order valence-corrected chi connectivity index (χ1v) is 7.37. The van der Waals surface area contributed by atoms with Crippen LogP contribution in [0.1, 0.15) is 19.3 Å². The number of hydrogen-bond donors (Lipinski definition) is 2. The summed E-state index contributed by atoms with van der Waals surface area (Å²) >= 11 is 0. The van der Waals surface area contributed by atoms with Crippen LogP contribution < -0.4 is 11.1 Å². The highest BCUT2D eigenvalue weighted by molar-refractivity contribution is 5.93. The molecule has 1 aromatic heterocycles. The first-order valence-electron chi connectivity index (χ1n) is 7.37. The van der Waals surface area contributed by atoms with Crippen LogP contribution in [0.3, 0.4) is 0 Å². The third kappa shape index (κ3) is 2.97. The van der Waals surface area contributed by atoms with Gasteiger partial charge in [0, 0.05) is 29.7 Å². The van der Waals surface area contributed by atoms with Crippen LogP contribution in [0.5, 0.6) is 0 Å². The number of aromatic nitrogens is 2. The second-order valence-electron chi connectivity index (χ2n) is 5.54. The quantitative estimate of drug-likeness (QED) is 0.904. The van der Waals surface area contributed by atoms with Crippen LogP contribution in [-0.2, 0) is 4.79 Å². The zero-order valence-electron chi connectivity index (χ0n) is 11.9. The Labute approximate surface area is 124 Å². The monoisotopic (exact) mass is 284 g/mol. The van der Waals surface area contributed by atoms with Crippen LogP contribution in [-0.4, -0.2) is 22.0 Å². The van der Waals surface area contributed by atoms with E-state index < -0.39 is 0 Å². The average molecular weight is 284 g/mol. The fraction of sp³-hybridized carbons (Fsp3) is 0.375. The van der Waals surface area contributed by atoms with Crippen LogP contribution in [0.15, 0.2) is 43.0 Å². The molecule has 1 fully saturated rings.